The second-order valence-electron chi connectivity index (χ2n) is 8.87. The van der Waals surface area contributed by atoms with Crippen LogP contribution >= 0.6 is 0 Å². The summed E-state index contributed by atoms with van der Waals surface area (Å²) in [4.78, 5) is 30.6. The number of rotatable bonds is 5. The van der Waals surface area contributed by atoms with Crippen molar-refractivity contribution in [2.75, 3.05) is 23.3 Å². The summed E-state index contributed by atoms with van der Waals surface area (Å²) in [5, 5.41) is 19.2. The average Bonchev–Trinajstić information content (AvgIpc) is 3.44. The van der Waals surface area contributed by atoms with Gasteiger partial charge in [-0.3, -0.25) is 14.9 Å². The molecule has 32 heavy (non-hydrogen) atoms. The number of nitrogens with zero attached hydrogens (tertiary/aromatic N) is 5. The maximum absolute atomic E-state index is 13.1. The van der Waals surface area contributed by atoms with Gasteiger partial charge in [-0.05, 0) is 37.1 Å². The predicted molar refractivity (Wildman–Crippen MR) is 123 cm³/mol. The van der Waals surface area contributed by atoms with E-state index in [9.17, 15) is 14.9 Å². The summed E-state index contributed by atoms with van der Waals surface area (Å²) in [7, 11) is 0. The highest BCUT2D eigenvalue weighted by molar-refractivity contribution is 6.04. The number of carbonyl (C=O) groups is 1. The molecule has 0 saturated carbocycles. The Kier molecular flexibility index (Phi) is 5.65. The lowest BCUT2D eigenvalue weighted by Gasteiger charge is -2.17. The quantitative estimate of drug-likeness (QED) is 0.473. The van der Waals surface area contributed by atoms with Crippen molar-refractivity contribution in [1.29, 1.82) is 0 Å². The zero-order valence-electron chi connectivity index (χ0n) is 18.4. The molecule has 3 aromatic rings. The predicted octanol–water partition coefficient (Wildman–Crippen LogP) is 4.33. The Morgan fingerprint density at radius 3 is 2.50 bits per heavy atom. The molecule has 3 heterocycles. The molecule has 0 spiro atoms. The van der Waals surface area contributed by atoms with Gasteiger partial charge < -0.3 is 10.2 Å². The monoisotopic (exact) mass is 434 g/mol. The van der Waals surface area contributed by atoms with Crippen molar-refractivity contribution < 1.29 is 9.72 Å². The molecule has 166 valence electrons. The Hall–Kier alpha value is -3.75. The number of amides is 1. The first kappa shape index (κ1) is 21.5. The number of nitro benzene ring substituents is 1. The minimum absolute atomic E-state index is 0.0619. The molecule has 1 saturated heterocycles. The van der Waals surface area contributed by atoms with E-state index in [1.54, 1.807) is 41.2 Å². The summed E-state index contributed by atoms with van der Waals surface area (Å²) in [6.07, 6.45) is 3.67. The van der Waals surface area contributed by atoms with Crippen LogP contribution in [0.5, 0.6) is 0 Å². The second kappa shape index (κ2) is 8.41. The van der Waals surface area contributed by atoms with Crippen LogP contribution in [0, 0.1) is 10.1 Å². The fourth-order valence-electron chi connectivity index (χ4n) is 3.72. The van der Waals surface area contributed by atoms with Crippen LogP contribution in [-0.4, -0.2) is 38.7 Å². The first-order chi connectivity index (χ1) is 15.2. The molecule has 2 aromatic heterocycles. The standard InChI is InChI=1S/C23H26N6O3/c1-23(2,3)19-15-21(28(26-19)20-8-4-5-11-24-20)25-22(30)16-9-10-17(18(14-16)29(31)32)27-12-6-7-13-27/h4-5,8-11,14-15H,6-7,12-13H2,1-3H3,(H,25,30). The Morgan fingerprint density at radius 2 is 1.88 bits per heavy atom. The van der Waals surface area contributed by atoms with Crippen LogP contribution in [0.1, 0.15) is 49.7 Å². The van der Waals surface area contributed by atoms with Gasteiger partial charge in [-0.1, -0.05) is 26.8 Å². The van der Waals surface area contributed by atoms with Crippen molar-refractivity contribution in [3.8, 4) is 5.82 Å². The SMILES string of the molecule is CC(C)(C)c1cc(NC(=O)c2ccc(N3CCCC3)c([N+](=O)[O-])c2)n(-c2ccccn2)n1. The summed E-state index contributed by atoms with van der Waals surface area (Å²) < 4.78 is 1.57. The summed E-state index contributed by atoms with van der Waals surface area (Å²) in [6.45, 7) is 7.66. The van der Waals surface area contributed by atoms with E-state index in [4.69, 9.17) is 0 Å². The smallest absolute Gasteiger partial charge is 0.293 e. The number of pyridine rings is 1. The van der Waals surface area contributed by atoms with E-state index in [0.29, 0.717) is 17.3 Å². The Balaban J connectivity index is 1.67. The molecule has 1 amide bonds. The highest BCUT2D eigenvalue weighted by Gasteiger charge is 2.25. The van der Waals surface area contributed by atoms with Crippen molar-refractivity contribution in [2.24, 2.45) is 0 Å². The van der Waals surface area contributed by atoms with Gasteiger partial charge in [0.05, 0.1) is 10.6 Å². The van der Waals surface area contributed by atoms with Crippen LogP contribution < -0.4 is 10.2 Å². The van der Waals surface area contributed by atoms with Gasteiger partial charge in [0.15, 0.2) is 5.82 Å². The van der Waals surface area contributed by atoms with E-state index in [-0.39, 0.29) is 16.7 Å². The third kappa shape index (κ3) is 4.32. The van der Waals surface area contributed by atoms with E-state index in [2.05, 4.69) is 15.4 Å². The van der Waals surface area contributed by atoms with Gasteiger partial charge in [0.2, 0.25) is 0 Å². The fraction of sp³-hybridized carbons (Fsp3) is 0.348. The van der Waals surface area contributed by atoms with Crippen LogP contribution in [0.3, 0.4) is 0 Å². The number of nitrogens with one attached hydrogen (secondary N) is 1. The molecule has 0 atom stereocenters. The number of aromatic nitrogens is 3. The maximum Gasteiger partial charge on any atom is 0.293 e. The van der Waals surface area contributed by atoms with Crippen LogP contribution in [0.15, 0.2) is 48.7 Å². The lowest BCUT2D eigenvalue weighted by molar-refractivity contribution is -0.384. The molecule has 4 rings (SSSR count). The number of hydrogen-bond acceptors (Lipinski definition) is 6. The molecule has 1 aliphatic rings. The number of hydrogen-bond donors (Lipinski definition) is 1. The van der Waals surface area contributed by atoms with Crippen molar-refractivity contribution in [3.63, 3.8) is 0 Å². The van der Waals surface area contributed by atoms with Gasteiger partial charge in [0, 0.05) is 42.4 Å². The molecule has 0 unspecified atom stereocenters. The molecular weight excluding hydrogens is 408 g/mol. The molecule has 9 nitrogen and oxygen atoms in total. The lowest BCUT2D eigenvalue weighted by Crippen LogP contribution is -2.20. The van der Waals surface area contributed by atoms with Crippen LogP contribution in [-0.2, 0) is 5.41 Å². The molecule has 1 aliphatic heterocycles. The first-order valence-electron chi connectivity index (χ1n) is 10.6. The molecule has 0 bridgehead atoms. The van der Waals surface area contributed by atoms with E-state index < -0.39 is 10.8 Å². The maximum atomic E-state index is 13.1. The Labute approximate surface area is 186 Å². The molecule has 1 fully saturated rings. The lowest BCUT2D eigenvalue weighted by atomic mass is 9.92. The van der Waals surface area contributed by atoms with E-state index in [1.165, 1.54) is 6.07 Å². The van der Waals surface area contributed by atoms with Crippen molar-refractivity contribution in [3.05, 3.63) is 70.0 Å². The van der Waals surface area contributed by atoms with Crippen LogP contribution in [0.25, 0.3) is 5.82 Å². The summed E-state index contributed by atoms with van der Waals surface area (Å²) >= 11 is 0. The van der Waals surface area contributed by atoms with Crippen molar-refractivity contribution >= 4 is 23.1 Å². The molecule has 9 heteroatoms. The van der Waals surface area contributed by atoms with Gasteiger partial charge in [-0.15, -0.1) is 0 Å². The molecule has 0 radical (unpaired) electrons. The Bertz CT molecular complexity index is 1140. The van der Waals surface area contributed by atoms with Crippen LogP contribution in [0.4, 0.5) is 17.2 Å². The molecule has 0 aliphatic carbocycles. The molecule has 1 N–H and O–H groups in total. The minimum Gasteiger partial charge on any atom is -0.366 e. The second-order valence-corrected chi connectivity index (χ2v) is 8.87. The number of nitro groups is 1. The third-order valence-corrected chi connectivity index (χ3v) is 5.47. The topological polar surface area (TPSA) is 106 Å². The number of carbonyl (C=O) groups excluding carboxylic acids is 1. The highest BCUT2D eigenvalue weighted by atomic mass is 16.6. The normalized spacial score (nSPS) is 13.9. The number of benzene rings is 1. The van der Waals surface area contributed by atoms with Gasteiger partial charge in [0.1, 0.15) is 11.5 Å². The zero-order valence-corrected chi connectivity index (χ0v) is 18.4. The number of anilines is 2. The summed E-state index contributed by atoms with van der Waals surface area (Å²) in [5.41, 5.74) is 1.25. The summed E-state index contributed by atoms with van der Waals surface area (Å²) in [6, 6.07) is 11.9. The van der Waals surface area contributed by atoms with E-state index in [1.807, 2.05) is 31.7 Å². The average molecular weight is 435 g/mol. The van der Waals surface area contributed by atoms with Crippen molar-refractivity contribution in [2.45, 2.75) is 39.0 Å². The van der Waals surface area contributed by atoms with E-state index >= 15 is 0 Å². The zero-order chi connectivity index (χ0) is 22.9. The third-order valence-electron chi connectivity index (χ3n) is 5.47. The molecular formula is C23H26N6O3. The fourth-order valence-corrected chi connectivity index (χ4v) is 3.72. The summed E-state index contributed by atoms with van der Waals surface area (Å²) in [5.74, 6) is 0.567. The van der Waals surface area contributed by atoms with Crippen molar-refractivity contribution in [1.82, 2.24) is 14.8 Å². The largest absolute Gasteiger partial charge is 0.366 e. The van der Waals surface area contributed by atoms with E-state index in [0.717, 1.165) is 31.6 Å². The minimum atomic E-state index is -0.446. The Morgan fingerprint density at radius 1 is 1.12 bits per heavy atom. The van der Waals surface area contributed by atoms with Gasteiger partial charge >= 0.3 is 0 Å². The van der Waals surface area contributed by atoms with Gasteiger partial charge in [-0.25, -0.2) is 4.98 Å². The molecule has 1 aromatic carbocycles. The van der Waals surface area contributed by atoms with Gasteiger partial charge in [-0.2, -0.15) is 9.78 Å². The van der Waals surface area contributed by atoms with Crippen LogP contribution in [0.2, 0.25) is 0 Å². The first-order valence-corrected chi connectivity index (χ1v) is 10.6. The highest BCUT2D eigenvalue weighted by Crippen LogP contribution is 2.32. The van der Waals surface area contributed by atoms with Gasteiger partial charge in [0.25, 0.3) is 11.6 Å².